The molecule has 0 fully saturated rings. The Hall–Kier alpha value is -2.47. The van der Waals surface area contributed by atoms with Gasteiger partial charge in [-0.3, -0.25) is 14.9 Å². The van der Waals surface area contributed by atoms with Crippen LogP contribution in [0.3, 0.4) is 0 Å². The summed E-state index contributed by atoms with van der Waals surface area (Å²) >= 11 is 10.1. The van der Waals surface area contributed by atoms with Gasteiger partial charge in [0.15, 0.2) is 8.68 Å². The van der Waals surface area contributed by atoms with Gasteiger partial charge in [0.2, 0.25) is 0 Å². The largest absolute Gasteiger partial charge is 0.272 e. The number of benzene rings is 2. The van der Waals surface area contributed by atoms with Crippen molar-refractivity contribution in [3.05, 3.63) is 74.8 Å². The Morgan fingerprint density at radius 1 is 1.20 bits per heavy atom. The number of carbonyl (C=O) groups is 1. The van der Waals surface area contributed by atoms with Crippen LogP contribution in [0.25, 0.3) is 0 Å². The van der Waals surface area contributed by atoms with E-state index >= 15 is 0 Å². The van der Waals surface area contributed by atoms with Crippen LogP contribution in [0.5, 0.6) is 0 Å². The minimum atomic E-state index is -0.489. The van der Waals surface area contributed by atoms with Crippen molar-refractivity contribution in [3.8, 4) is 0 Å². The molecule has 1 aromatic heterocycles. The van der Waals surface area contributed by atoms with Crippen LogP contribution < -0.4 is 5.43 Å². The average Bonchev–Trinajstić information content (AvgIpc) is 3.20. The Bertz CT molecular complexity index is 1060. The molecule has 8 nitrogen and oxygen atoms in total. The smallest absolute Gasteiger partial charge is 0.270 e. The number of thioether (sulfide) groups is 2. The van der Waals surface area contributed by atoms with Gasteiger partial charge in [-0.05, 0) is 17.7 Å². The highest BCUT2D eigenvalue weighted by Gasteiger charge is 2.09. The van der Waals surface area contributed by atoms with Crippen molar-refractivity contribution in [1.82, 2.24) is 15.6 Å². The van der Waals surface area contributed by atoms with Gasteiger partial charge < -0.3 is 0 Å². The predicted octanol–water partition coefficient (Wildman–Crippen LogP) is 4.63. The van der Waals surface area contributed by atoms with Crippen LogP contribution in [-0.2, 0) is 10.5 Å². The number of amides is 1. The number of carbonyl (C=O) groups excluding carboxylic acids is 1. The molecule has 12 heteroatoms. The molecule has 0 unspecified atom stereocenters. The molecule has 0 bridgehead atoms. The fourth-order valence-electron chi connectivity index (χ4n) is 2.10. The summed E-state index contributed by atoms with van der Waals surface area (Å²) in [6.07, 6.45) is 1.35. The first-order chi connectivity index (χ1) is 14.5. The molecule has 0 saturated carbocycles. The second-order valence-corrected chi connectivity index (χ2v) is 9.54. The Kier molecular flexibility index (Phi) is 8.20. The van der Waals surface area contributed by atoms with Crippen molar-refractivity contribution < 1.29 is 9.72 Å². The minimum absolute atomic E-state index is 0.0400. The molecule has 0 spiro atoms. The molecule has 0 atom stereocenters. The summed E-state index contributed by atoms with van der Waals surface area (Å²) < 4.78 is 1.50. The van der Waals surface area contributed by atoms with Gasteiger partial charge in [0, 0.05) is 28.5 Å². The van der Waals surface area contributed by atoms with Gasteiger partial charge in [-0.2, -0.15) is 5.10 Å². The number of nitro groups is 1. The molecule has 2 aromatic carbocycles. The number of nitro benzene ring substituents is 1. The maximum Gasteiger partial charge on any atom is 0.270 e. The summed E-state index contributed by atoms with van der Waals surface area (Å²) in [5.41, 5.74) is 4.00. The number of hydrogen-bond donors (Lipinski definition) is 1. The predicted molar refractivity (Wildman–Crippen MR) is 120 cm³/mol. The number of aromatic nitrogens is 2. The number of hydrogen-bond acceptors (Lipinski definition) is 9. The average molecular weight is 480 g/mol. The number of rotatable bonds is 9. The zero-order valence-corrected chi connectivity index (χ0v) is 18.4. The Balaban J connectivity index is 1.42. The van der Waals surface area contributed by atoms with Gasteiger partial charge in [-0.15, -0.1) is 10.2 Å². The van der Waals surface area contributed by atoms with Gasteiger partial charge in [0.1, 0.15) is 0 Å². The molecule has 1 heterocycles. The molecule has 3 aromatic rings. The van der Waals surface area contributed by atoms with Crippen molar-refractivity contribution in [2.45, 2.75) is 14.4 Å². The molecule has 0 saturated heterocycles. The van der Waals surface area contributed by atoms with Gasteiger partial charge in [-0.25, -0.2) is 5.43 Å². The van der Waals surface area contributed by atoms with Crippen molar-refractivity contribution in [3.63, 3.8) is 0 Å². The molecule has 154 valence electrons. The fraction of sp³-hybridized carbons (Fsp3) is 0.111. The maximum absolute atomic E-state index is 11.9. The molecule has 0 aliphatic carbocycles. The fourth-order valence-corrected chi connectivity index (χ4v) is 4.99. The maximum atomic E-state index is 11.9. The number of halogens is 1. The first-order valence-electron chi connectivity index (χ1n) is 8.39. The number of hydrazone groups is 1. The topological polar surface area (TPSA) is 110 Å². The van der Waals surface area contributed by atoms with E-state index in [2.05, 4.69) is 20.7 Å². The van der Waals surface area contributed by atoms with E-state index in [0.29, 0.717) is 14.9 Å². The zero-order chi connectivity index (χ0) is 21.3. The summed E-state index contributed by atoms with van der Waals surface area (Å²) in [5, 5.41) is 23.5. The van der Waals surface area contributed by atoms with E-state index in [1.807, 2.05) is 24.3 Å². The Morgan fingerprint density at radius 3 is 2.67 bits per heavy atom. The summed E-state index contributed by atoms with van der Waals surface area (Å²) in [5.74, 6) is 0.568. The quantitative estimate of drug-likeness (QED) is 0.206. The van der Waals surface area contributed by atoms with E-state index in [9.17, 15) is 14.9 Å². The molecule has 3 rings (SSSR count). The van der Waals surface area contributed by atoms with Crippen molar-refractivity contribution in [2.75, 3.05) is 5.75 Å². The van der Waals surface area contributed by atoms with Gasteiger partial charge in [0.05, 0.1) is 16.9 Å². The third kappa shape index (κ3) is 7.10. The summed E-state index contributed by atoms with van der Waals surface area (Å²) in [6, 6.07) is 13.6. The lowest BCUT2D eigenvalue weighted by atomic mass is 10.2. The van der Waals surface area contributed by atoms with Gasteiger partial charge in [-0.1, -0.05) is 70.7 Å². The van der Waals surface area contributed by atoms with Crippen LogP contribution in [0.2, 0.25) is 5.02 Å². The van der Waals surface area contributed by atoms with Crippen LogP contribution in [-0.4, -0.2) is 33.0 Å². The van der Waals surface area contributed by atoms with Crippen LogP contribution >= 0.6 is 46.5 Å². The molecule has 30 heavy (non-hydrogen) atoms. The van der Waals surface area contributed by atoms with Gasteiger partial charge >= 0.3 is 0 Å². The SMILES string of the molecule is O=C(CSc1nnc(SCc2ccc(Cl)cc2)s1)NN=Cc1cccc([N+](=O)[O-])c1. The monoisotopic (exact) mass is 479 g/mol. The lowest BCUT2D eigenvalue weighted by molar-refractivity contribution is -0.384. The molecule has 1 amide bonds. The highest BCUT2D eigenvalue weighted by atomic mass is 35.5. The van der Waals surface area contributed by atoms with E-state index in [4.69, 9.17) is 11.6 Å². The summed E-state index contributed by atoms with van der Waals surface area (Å²) in [4.78, 5) is 22.2. The molecular weight excluding hydrogens is 466 g/mol. The van der Waals surface area contributed by atoms with E-state index in [1.165, 1.54) is 41.4 Å². The summed E-state index contributed by atoms with van der Waals surface area (Å²) in [7, 11) is 0. The highest BCUT2D eigenvalue weighted by molar-refractivity contribution is 8.03. The standard InChI is InChI=1S/C18H14ClN5O3S3/c19-14-6-4-12(5-7-14)10-28-17-22-23-18(30-17)29-11-16(25)21-20-9-13-2-1-3-15(8-13)24(26)27/h1-9H,10-11H2,(H,21,25). The van der Waals surface area contributed by atoms with Crippen LogP contribution in [0.4, 0.5) is 5.69 Å². The van der Waals surface area contributed by atoms with E-state index in [1.54, 1.807) is 23.9 Å². The first kappa shape index (κ1) is 22.2. The molecular formula is C18H14ClN5O3S3. The van der Waals surface area contributed by atoms with Crippen LogP contribution in [0.1, 0.15) is 11.1 Å². The van der Waals surface area contributed by atoms with Gasteiger partial charge in [0.25, 0.3) is 11.6 Å². The van der Waals surface area contributed by atoms with Crippen molar-refractivity contribution >= 4 is 64.3 Å². The van der Waals surface area contributed by atoms with Crippen molar-refractivity contribution in [2.24, 2.45) is 5.10 Å². The molecule has 0 radical (unpaired) electrons. The second kappa shape index (κ2) is 11.1. The van der Waals surface area contributed by atoms with E-state index in [0.717, 1.165) is 15.7 Å². The third-order valence-corrected chi connectivity index (χ3v) is 6.99. The third-order valence-electron chi connectivity index (χ3n) is 3.47. The van der Waals surface area contributed by atoms with Crippen molar-refractivity contribution in [1.29, 1.82) is 0 Å². The zero-order valence-electron chi connectivity index (χ0n) is 15.2. The number of nitrogens with zero attached hydrogens (tertiary/aromatic N) is 4. The number of nitrogens with one attached hydrogen (secondary N) is 1. The first-order valence-corrected chi connectivity index (χ1v) is 11.6. The highest BCUT2D eigenvalue weighted by Crippen LogP contribution is 2.30. The van der Waals surface area contributed by atoms with E-state index < -0.39 is 4.92 Å². The molecule has 0 aliphatic rings. The number of non-ortho nitro benzene ring substituents is 1. The Morgan fingerprint density at radius 2 is 1.93 bits per heavy atom. The second-order valence-electron chi connectivity index (χ2n) is 5.68. The normalized spacial score (nSPS) is 11.0. The summed E-state index contributed by atoms with van der Waals surface area (Å²) in [6.45, 7) is 0. The Labute approximate surface area is 189 Å². The lowest BCUT2D eigenvalue weighted by Gasteiger charge is -1.98. The molecule has 1 N–H and O–H groups in total. The van der Waals surface area contributed by atoms with Crippen LogP contribution in [0, 0.1) is 10.1 Å². The lowest BCUT2D eigenvalue weighted by Crippen LogP contribution is -2.19. The van der Waals surface area contributed by atoms with E-state index in [-0.39, 0.29) is 17.3 Å². The van der Waals surface area contributed by atoms with Crippen LogP contribution in [0.15, 0.2) is 62.3 Å². The minimum Gasteiger partial charge on any atom is -0.272 e. The molecule has 0 aliphatic heterocycles.